The fourth-order valence-corrected chi connectivity index (χ4v) is 2.80. The molecule has 14 heavy (non-hydrogen) atoms. The summed E-state index contributed by atoms with van der Waals surface area (Å²) in [6.07, 6.45) is 0. The number of hydrogen-bond acceptors (Lipinski definition) is 3. The summed E-state index contributed by atoms with van der Waals surface area (Å²) in [5.74, 6) is 2.08. The Morgan fingerprint density at radius 2 is 2.29 bits per heavy atom. The summed E-state index contributed by atoms with van der Waals surface area (Å²) >= 11 is 2.10. The van der Waals surface area contributed by atoms with Crippen LogP contribution in [0.3, 0.4) is 0 Å². The van der Waals surface area contributed by atoms with E-state index in [1.54, 1.807) is 0 Å². The molecular weight excluding hydrogens is 192 g/mol. The summed E-state index contributed by atoms with van der Waals surface area (Å²) in [5, 5.41) is 4.33. The molecule has 84 valence electrons. The van der Waals surface area contributed by atoms with E-state index in [9.17, 15) is 0 Å². The normalized spacial score (nSPS) is 24.4. The van der Waals surface area contributed by atoms with Crippen LogP contribution in [0.2, 0.25) is 0 Å². The Balaban J connectivity index is 2.00. The molecule has 0 aromatic heterocycles. The Bertz CT molecular complexity index is 150. The topological polar surface area (TPSA) is 15.3 Å². The first-order chi connectivity index (χ1) is 6.68. The first kappa shape index (κ1) is 12.3. The molecule has 1 aliphatic rings. The molecular formula is C11H24N2S. The van der Waals surface area contributed by atoms with E-state index >= 15 is 0 Å². The van der Waals surface area contributed by atoms with Gasteiger partial charge in [-0.2, -0.15) is 11.8 Å². The molecule has 0 spiro atoms. The van der Waals surface area contributed by atoms with Crippen LogP contribution in [0.4, 0.5) is 0 Å². The van der Waals surface area contributed by atoms with Gasteiger partial charge in [-0.3, -0.25) is 0 Å². The second-order valence-corrected chi connectivity index (χ2v) is 6.13. The van der Waals surface area contributed by atoms with Gasteiger partial charge in [0.1, 0.15) is 0 Å². The van der Waals surface area contributed by atoms with Crippen LogP contribution in [-0.4, -0.2) is 48.6 Å². The molecule has 0 aromatic carbocycles. The molecule has 1 N–H and O–H groups in total. The largest absolute Gasteiger partial charge is 0.315 e. The summed E-state index contributed by atoms with van der Waals surface area (Å²) in [5.41, 5.74) is 0. The van der Waals surface area contributed by atoms with Gasteiger partial charge >= 0.3 is 0 Å². The SMILES string of the molecule is CC(C)CNCCN1CCSC(C)C1. The summed E-state index contributed by atoms with van der Waals surface area (Å²) in [6.45, 7) is 12.9. The van der Waals surface area contributed by atoms with Gasteiger partial charge in [-0.15, -0.1) is 0 Å². The standard InChI is InChI=1S/C11H24N2S/c1-10(2)8-12-4-5-13-6-7-14-11(3)9-13/h10-12H,4-9H2,1-3H3. The lowest BCUT2D eigenvalue weighted by atomic mass is 10.2. The summed E-state index contributed by atoms with van der Waals surface area (Å²) in [6, 6.07) is 0. The molecule has 1 atom stereocenters. The Morgan fingerprint density at radius 1 is 1.50 bits per heavy atom. The van der Waals surface area contributed by atoms with Gasteiger partial charge in [0.25, 0.3) is 0 Å². The molecule has 1 fully saturated rings. The van der Waals surface area contributed by atoms with Crippen LogP contribution >= 0.6 is 11.8 Å². The van der Waals surface area contributed by atoms with E-state index in [0.29, 0.717) is 0 Å². The highest BCUT2D eigenvalue weighted by atomic mass is 32.2. The Labute approximate surface area is 92.8 Å². The second kappa shape index (κ2) is 6.70. The van der Waals surface area contributed by atoms with Crippen molar-refractivity contribution in [3.63, 3.8) is 0 Å². The predicted molar refractivity (Wildman–Crippen MR) is 66.1 cm³/mol. The third-order valence-electron chi connectivity index (χ3n) is 2.48. The minimum atomic E-state index is 0.769. The highest BCUT2D eigenvalue weighted by Gasteiger charge is 2.15. The summed E-state index contributed by atoms with van der Waals surface area (Å²) in [4.78, 5) is 2.58. The van der Waals surface area contributed by atoms with Crippen molar-refractivity contribution >= 4 is 11.8 Å². The molecule has 1 saturated heterocycles. The van der Waals surface area contributed by atoms with Gasteiger partial charge in [-0.05, 0) is 12.5 Å². The zero-order valence-corrected chi connectivity index (χ0v) is 10.6. The maximum atomic E-state index is 3.50. The molecule has 1 aliphatic heterocycles. The van der Waals surface area contributed by atoms with Gasteiger partial charge in [0.2, 0.25) is 0 Å². The van der Waals surface area contributed by atoms with Gasteiger partial charge in [-0.1, -0.05) is 20.8 Å². The van der Waals surface area contributed by atoms with Crippen molar-refractivity contribution in [1.82, 2.24) is 10.2 Å². The van der Waals surface area contributed by atoms with E-state index in [1.807, 2.05) is 0 Å². The highest BCUT2D eigenvalue weighted by molar-refractivity contribution is 7.99. The van der Waals surface area contributed by atoms with Crippen molar-refractivity contribution in [2.75, 3.05) is 38.5 Å². The summed E-state index contributed by atoms with van der Waals surface area (Å²) in [7, 11) is 0. The maximum absolute atomic E-state index is 3.50. The minimum absolute atomic E-state index is 0.769. The molecule has 1 rings (SSSR count). The first-order valence-corrected chi connectivity index (χ1v) is 6.78. The van der Waals surface area contributed by atoms with E-state index in [4.69, 9.17) is 0 Å². The van der Waals surface area contributed by atoms with Gasteiger partial charge in [0, 0.05) is 37.2 Å². The van der Waals surface area contributed by atoms with E-state index < -0.39 is 0 Å². The van der Waals surface area contributed by atoms with Crippen LogP contribution in [0, 0.1) is 5.92 Å². The second-order valence-electron chi connectivity index (χ2n) is 4.58. The lowest BCUT2D eigenvalue weighted by Gasteiger charge is -2.30. The lowest BCUT2D eigenvalue weighted by molar-refractivity contribution is 0.284. The van der Waals surface area contributed by atoms with E-state index in [-0.39, 0.29) is 0 Å². The van der Waals surface area contributed by atoms with Crippen molar-refractivity contribution in [3.05, 3.63) is 0 Å². The molecule has 0 radical (unpaired) electrons. The number of rotatable bonds is 5. The lowest BCUT2D eigenvalue weighted by Crippen LogP contribution is -2.41. The van der Waals surface area contributed by atoms with E-state index in [2.05, 4.69) is 42.7 Å². The Kier molecular flexibility index (Phi) is 5.90. The average Bonchev–Trinajstić information content (AvgIpc) is 2.12. The number of nitrogens with one attached hydrogen (secondary N) is 1. The van der Waals surface area contributed by atoms with Crippen LogP contribution in [0.15, 0.2) is 0 Å². The highest BCUT2D eigenvalue weighted by Crippen LogP contribution is 2.16. The Hall–Kier alpha value is 0.270. The zero-order chi connectivity index (χ0) is 10.4. The number of thioether (sulfide) groups is 1. The van der Waals surface area contributed by atoms with Gasteiger partial charge in [0.05, 0.1) is 0 Å². The molecule has 0 aliphatic carbocycles. The molecule has 3 heteroatoms. The summed E-state index contributed by atoms with van der Waals surface area (Å²) < 4.78 is 0. The van der Waals surface area contributed by atoms with Crippen LogP contribution in [-0.2, 0) is 0 Å². The quantitative estimate of drug-likeness (QED) is 0.704. The number of hydrogen-bond donors (Lipinski definition) is 1. The van der Waals surface area contributed by atoms with Gasteiger partial charge in [0.15, 0.2) is 0 Å². The maximum Gasteiger partial charge on any atom is 0.0147 e. The van der Waals surface area contributed by atoms with Gasteiger partial charge < -0.3 is 10.2 Å². The number of nitrogens with zero attached hydrogens (tertiary/aromatic N) is 1. The zero-order valence-electron chi connectivity index (χ0n) is 9.75. The van der Waals surface area contributed by atoms with Crippen LogP contribution in [0.25, 0.3) is 0 Å². The van der Waals surface area contributed by atoms with Crippen molar-refractivity contribution in [2.45, 2.75) is 26.0 Å². The molecule has 0 amide bonds. The van der Waals surface area contributed by atoms with E-state index in [0.717, 1.165) is 24.3 Å². The van der Waals surface area contributed by atoms with Crippen LogP contribution < -0.4 is 5.32 Å². The molecule has 0 aromatic rings. The third-order valence-corrected chi connectivity index (χ3v) is 3.62. The molecule has 2 nitrogen and oxygen atoms in total. The van der Waals surface area contributed by atoms with Crippen molar-refractivity contribution < 1.29 is 0 Å². The monoisotopic (exact) mass is 216 g/mol. The molecule has 1 unspecified atom stereocenters. The molecule has 0 bridgehead atoms. The van der Waals surface area contributed by atoms with Crippen molar-refractivity contribution in [2.24, 2.45) is 5.92 Å². The van der Waals surface area contributed by atoms with Crippen LogP contribution in [0.5, 0.6) is 0 Å². The van der Waals surface area contributed by atoms with Crippen LogP contribution in [0.1, 0.15) is 20.8 Å². The fraction of sp³-hybridized carbons (Fsp3) is 1.00. The predicted octanol–water partition coefficient (Wildman–Crippen LogP) is 1.67. The fourth-order valence-electron chi connectivity index (χ4n) is 1.72. The van der Waals surface area contributed by atoms with Crippen molar-refractivity contribution in [1.29, 1.82) is 0 Å². The average molecular weight is 216 g/mol. The first-order valence-electron chi connectivity index (χ1n) is 5.73. The smallest absolute Gasteiger partial charge is 0.0147 e. The molecule has 0 saturated carbocycles. The van der Waals surface area contributed by atoms with Gasteiger partial charge in [-0.25, -0.2) is 0 Å². The van der Waals surface area contributed by atoms with E-state index in [1.165, 1.54) is 25.4 Å². The third kappa shape index (κ3) is 5.23. The molecule has 1 heterocycles. The Morgan fingerprint density at radius 3 is 2.93 bits per heavy atom. The van der Waals surface area contributed by atoms with Crippen molar-refractivity contribution in [3.8, 4) is 0 Å². The minimum Gasteiger partial charge on any atom is -0.315 e.